The molecule has 0 bridgehead atoms. The number of methoxy groups -OCH3 is 1. The molecular weight excluding hydrogens is 316 g/mol. The third-order valence-corrected chi connectivity index (χ3v) is 4.04. The molecule has 1 aromatic carbocycles. The van der Waals surface area contributed by atoms with Gasteiger partial charge in [-0.1, -0.05) is 18.1 Å². The lowest BCUT2D eigenvalue weighted by Crippen LogP contribution is -2.22. The molecule has 1 saturated heterocycles. The van der Waals surface area contributed by atoms with Crippen molar-refractivity contribution in [1.29, 1.82) is 0 Å². The van der Waals surface area contributed by atoms with Crippen LogP contribution in [0.25, 0.3) is 0 Å². The second-order valence-electron chi connectivity index (χ2n) is 5.88. The normalized spacial score (nSPS) is 16.6. The molecule has 1 aliphatic rings. The smallest absolute Gasteiger partial charge is 0.236 e. The molecule has 0 saturated carbocycles. The van der Waals surface area contributed by atoms with Gasteiger partial charge in [0.25, 0.3) is 0 Å². The number of hydrogen-bond donors (Lipinski definition) is 0. The van der Waals surface area contributed by atoms with E-state index in [1.807, 2.05) is 6.07 Å². The molecular formula is C21H26O4. The molecule has 0 aliphatic carbocycles. The first-order valence-corrected chi connectivity index (χ1v) is 8.79. The zero-order valence-electron chi connectivity index (χ0n) is 14.9. The van der Waals surface area contributed by atoms with Crippen molar-refractivity contribution in [1.82, 2.24) is 0 Å². The molecule has 0 amide bonds. The summed E-state index contributed by atoms with van der Waals surface area (Å²) in [6, 6.07) is 5.42. The topological polar surface area (TPSA) is 44.8 Å². The monoisotopic (exact) mass is 342 g/mol. The van der Waals surface area contributed by atoms with Gasteiger partial charge < -0.3 is 14.2 Å². The second-order valence-corrected chi connectivity index (χ2v) is 5.88. The van der Waals surface area contributed by atoms with Crippen LogP contribution in [0.15, 0.2) is 30.9 Å². The van der Waals surface area contributed by atoms with Gasteiger partial charge in [0.2, 0.25) is 5.78 Å². The summed E-state index contributed by atoms with van der Waals surface area (Å²) < 4.78 is 16.5. The Morgan fingerprint density at radius 1 is 1.44 bits per heavy atom. The summed E-state index contributed by atoms with van der Waals surface area (Å²) in [5, 5.41) is 0. The van der Waals surface area contributed by atoms with Gasteiger partial charge in [0, 0.05) is 24.2 Å². The quantitative estimate of drug-likeness (QED) is 0.236. The van der Waals surface area contributed by atoms with Crippen LogP contribution in [0.3, 0.4) is 0 Å². The van der Waals surface area contributed by atoms with Crippen LogP contribution in [-0.4, -0.2) is 32.4 Å². The van der Waals surface area contributed by atoms with E-state index in [9.17, 15) is 4.79 Å². The summed E-state index contributed by atoms with van der Waals surface area (Å²) in [6.45, 7) is 5.13. The molecule has 25 heavy (non-hydrogen) atoms. The van der Waals surface area contributed by atoms with Crippen molar-refractivity contribution in [2.24, 2.45) is 0 Å². The molecule has 0 spiro atoms. The maximum absolute atomic E-state index is 12.4. The maximum Gasteiger partial charge on any atom is 0.236 e. The number of carbonyl (C=O) groups excluding carboxylic acids is 1. The number of carbonyl (C=O) groups is 1. The fraction of sp³-hybridized carbons (Fsp3) is 0.476. The summed E-state index contributed by atoms with van der Waals surface area (Å²) in [5.74, 6) is 6.16. The molecule has 1 aliphatic heterocycles. The number of ether oxygens (including phenoxy) is 3. The predicted octanol–water partition coefficient (Wildman–Crippen LogP) is 3.93. The highest BCUT2D eigenvalue weighted by atomic mass is 16.7. The molecule has 0 aromatic heterocycles. The summed E-state index contributed by atoms with van der Waals surface area (Å²) in [6.07, 6.45) is 6.91. The number of ketones is 1. The van der Waals surface area contributed by atoms with Crippen molar-refractivity contribution >= 4 is 5.78 Å². The minimum absolute atomic E-state index is 0.0680. The fourth-order valence-electron chi connectivity index (χ4n) is 2.75. The molecule has 134 valence electrons. The average molecular weight is 342 g/mol. The van der Waals surface area contributed by atoms with Crippen LogP contribution >= 0.6 is 0 Å². The molecule has 4 nitrogen and oxygen atoms in total. The van der Waals surface area contributed by atoms with E-state index in [-0.39, 0.29) is 12.1 Å². The van der Waals surface area contributed by atoms with Crippen molar-refractivity contribution in [3.63, 3.8) is 0 Å². The van der Waals surface area contributed by atoms with Crippen LogP contribution < -0.4 is 4.74 Å². The van der Waals surface area contributed by atoms with Crippen molar-refractivity contribution in [3.8, 4) is 17.6 Å². The fourth-order valence-corrected chi connectivity index (χ4v) is 2.75. The van der Waals surface area contributed by atoms with Gasteiger partial charge in [-0.3, -0.25) is 4.79 Å². The molecule has 1 unspecified atom stereocenters. The van der Waals surface area contributed by atoms with Crippen molar-refractivity contribution in [3.05, 3.63) is 42.0 Å². The van der Waals surface area contributed by atoms with E-state index in [0.29, 0.717) is 30.8 Å². The van der Waals surface area contributed by atoms with Crippen molar-refractivity contribution in [2.75, 3.05) is 20.3 Å². The highest BCUT2D eigenvalue weighted by molar-refractivity contribution is 6.10. The Balaban J connectivity index is 1.83. The van der Waals surface area contributed by atoms with Crippen LogP contribution in [0.5, 0.6) is 5.75 Å². The van der Waals surface area contributed by atoms with Crippen LogP contribution in [-0.2, 0) is 15.9 Å². The Kier molecular flexibility index (Phi) is 8.24. The third kappa shape index (κ3) is 6.04. The van der Waals surface area contributed by atoms with Crippen molar-refractivity contribution < 1.29 is 19.0 Å². The van der Waals surface area contributed by atoms with E-state index < -0.39 is 0 Å². The Labute approximate surface area is 150 Å². The number of allylic oxidation sites excluding steroid dienone is 1. The van der Waals surface area contributed by atoms with E-state index in [1.54, 1.807) is 25.3 Å². The molecule has 0 N–H and O–H groups in total. The Bertz CT molecular complexity index is 633. The average Bonchev–Trinajstić information content (AvgIpc) is 2.65. The third-order valence-electron chi connectivity index (χ3n) is 4.04. The number of hydrogen-bond acceptors (Lipinski definition) is 4. The summed E-state index contributed by atoms with van der Waals surface area (Å²) in [5.41, 5.74) is 1.41. The van der Waals surface area contributed by atoms with E-state index in [4.69, 9.17) is 14.2 Å². The van der Waals surface area contributed by atoms with Gasteiger partial charge in [0.05, 0.1) is 13.7 Å². The van der Waals surface area contributed by atoms with Gasteiger partial charge in [-0.15, -0.1) is 6.58 Å². The van der Waals surface area contributed by atoms with Crippen LogP contribution in [0, 0.1) is 11.8 Å². The first kappa shape index (κ1) is 19.2. The van der Waals surface area contributed by atoms with Crippen LogP contribution in [0.4, 0.5) is 0 Å². The highest BCUT2D eigenvalue weighted by Crippen LogP contribution is 2.23. The SMILES string of the molecule is C=CCc1c(OC)cccc1C(=O)C#CCCCOC1CCCCO1. The maximum atomic E-state index is 12.4. The van der Waals surface area contributed by atoms with Gasteiger partial charge in [-0.2, -0.15) is 0 Å². The number of Topliss-reactive ketones (excluding diaryl/α,β-unsaturated/α-hetero) is 1. The number of rotatable bonds is 8. The summed E-state index contributed by atoms with van der Waals surface area (Å²) in [4.78, 5) is 12.4. The standard InChI is InChI=1S/C21H26O4/c1-3-10-18-17(11-9-13-20(18)23-2)19(22)12-5-4-7-15-24-21-14-6-8-16-25-21/h3,9,11,13,21H,1,4,6-8,10,14-16H2,2H3. The molecule has 2 rings (SSSR count). The van der Waals surface area contributed by atoms with Crippen molar-refractivity contribution in [2.45, 2.75) is 44.8 Å². The largest absolute Gasteiger partial charge is 0.496 e. The lowest BCUT2D eigenvalue weighted by atomic mass is 10.00. The first-order chi connectivity index (χ1) is 12.3. The second kappa shape index (κ2) is 10.7. The molecule has 1 heterocycles. The number of benzene rings is 1. The van der Waals surface area contributed by atoms with Gasteiger partial charge in [0.1, 0.15) is 5.75 Å². The zero-order valence-corrected chi connectivity index (χ0v) is 14.9. The summed E-state index contributed by atoms with van der Waals surface area (Å²) in [7, 11) is 1.60. The molecule has 1 fully saturated rings. The minimum atomic E-state index is -0.188. The first-order valence-electron chi connectivity index (χ1n) is 8.79. The van der Waals surface area contributed by atoms with Crippen LogP contribution in [0.1, 0.15) is 48.0 Å². The lowest BCUT2D eigenvalue weighted by Gasteiger charge is -2.22. The van der Waals surface area contributed by atoms with Gasteiger partial charge in [0.15, 0.2) is 6.29 Å². The molecule has 4 heteroatoms. The van der Waals surface area contributed by atoms with Crippen LogP contribution in [0.2, 0.25) is 0 Å². The highest BCUT2D eigenvalue weighted by Gasteiger charge is 2.14. The van der Waals surface area contributed by atoms with Gasteiger partial charge in [-0.05, 0) is 50.2 Å². The lowest BCUT2D eigenvalue weighted by molar-refractivity contribution is -0.162. The van der Waals surface area contributed by atoms with E-state index in [0.717, 1.165) is 37.9 Å². The Morgan fingerprint density at radius 3 is 3.04 bits per heavy atom. The minimum Gasteiger partial charge on any atom is -0.496 e. The molecule has 0 radical (unpaired) electrons. The summed E-state index contributed by atoms with van der Waals surface area (Å²) >= 11 is 0. The molecule has 1 atom stereocenters. The number of unbranched alkanes of at least 4 members (excludes halogenated alkanes) is 1. The predicted molar refractivity (Wildman–Crippen MR) is 97.8 cm³/mol. The van der Waals surface area contributed by atoms with E-state index in [1.165, 1.54) is 0 Å². The van der Waals surface area contributed by atoms with E-state index >= 15 is 0 Å². The van der Waals surface area contributed by atoms with E-state index in [2.05, 4.69) is 18.4 Å². The van der Waals surface area contributed by atoms with Gasteiger partial charge in [-0.25, -0.2) is 0 Å². The Morgan fingerprint density at radius 2 is 2.32 bits per heavy atom. The van der Waals surface area contributed by atoms with Gasteiger partial charge >= 0.3 is 0 Å². The zero-order chi connectivity index (χ0) is 17.9. The molecule has 1 aromatic rings. The Hall–Kier alpha value is -2.09.